The number of nitrogens with zero attached hydrogens (tertiary/aromatic N) is 1. The van der Waals surface area contributed by atoms with E-state index in [1.54, 1.807) is 12.1 Å². The van der Waals surface area contributed by atoms with Gasteiger partial charge in [-0.25, -0.2) is 18.0 Å². The SMILES string of the molecule is CC(NC(=O)C1(F)CCN(C(=O)OCc2ccccc2)C1)c1ccc(F)c(F)c1. The van der Waals surface area contributed by atoms with Gasteiger partial charge in [0, 0.05) is 13.0 Å². The lowest BCUT2D eigenvalue weighted by Gasteiger charge is -2.23. The number of amides is 2. The second kappa shape index (κ2) is 8.55. The Morgan fingerprint density at radius 3 is 2.59 bits per heavy atom. The largest absolute Gasteiger partial charge is 0.445 e. The molecular weight excluding hydrogens is 385 g/mol. The molecule has 0 bridgehead atoms. The fraction of sp³-hybridized carbons (Fsp3) is 0.333. The van der Waals surface area contributed by atoms with E-state index in [-0.39, 0.29) is 19.6 Å². The molecule has 1 aliphatic rings. The lowest BCUT2D eigenvalue weighted by Crippen LogP contribution is -2.46. The molecule has 1 fully saturated rings. The Labute approximate surface area is 166 Å². The van der Waals surface area contributed by atoms with Gasteiger partial charge in [0.05, 0.1) is 12.6 Å². The number of benzene rings is 2. The highest BCUT2D eigenvalue weighted by Gasteiger charge is 2.47. The molecule has 2 aromatic rings. The van der Waals surface area contributed by atoms with Crippen molar-refractivity contribution in [3.63, 3.8) is 0 Å². The van der Waals surface area contributed by atoms with Gasteiger partial charge in [-0.05, 0) is 30.2 Å². The van der Waals surface area contributed by atoms with Crippen LogP contribution in [0.1, 0.15) is 30.5 Å². The summed E-state index contributed by atoms with van der Waals surface area (Å²) >= 11 is 0. The van der Waals surface area contributed by atoms with E-state index in [4.69, 9.17) is 4.74 Å². The molecule has 2 atom stereocenters. The summed E-state index contributed by atoms with van der Waals surface area (Å²) in [5.41, 5.74) is -1.18. The summed E-state index contributed by atoms with van der Waals surface area (Å²) in [5, 5.41) is 2.46. The molecule has 0 spiro atoms. The molecule has 2 unspecified atom stereocenters. The molecule has 5 nitrogen and oxygen atoms in total. The lowest BCUT2D eigenvalue weighted by molar-refractivity contribution is -0.132. The highest BCUT2D eigenvalue weighted by atomic mass is 19.2. The monoisotopic (exact) mass is 406 g/mol. The maximum Gasteiger partial charge on any atom is 0.410 e. The second-order valence-electron chi connectivity index (χ2n) is 7.05. The van der Waals surface area contributed by atoms with Crippen molar-refractivity contribution in [2.24, 2.45) is 0 Å². The molecule has 1 heterocycles. The molecular formula is C21H21F3N2O3. The Kier molecular flexibility index (Phi) is 6.10. The number of carbonyl (C=O) groups excluding carboxylic acids is 2. The fourth-order valence-electron chi connectivity index (χ4n) is 3.12. The molecule has 29 heavy (non-hydrogen) atoms. The maximum absolute atomic E-state index is 15.1. The van der Waals surface area contributed by atoms with Gasteiger partial charge in [0.1, 0.15) is 6.61 Å². The van der Waals surface area contributed by atoms with Crippen molar-refractivity contribution in [3.8, 4) is 0 Å². The first-order valence-corrected chi connectivity index (χ1v) is 9.19. The quantitative estimate of drug-likeness (QED) is 0.820. The van der Waals surface area contributed by atoms with Crippen LogP contribution in [0.25, 0.3) is 0 Å². The first kappa shape index (κ1) is 20.7. The van der Waals surface area contributed by atoms with Gasteiger partial charge < -0.3 is 15.0 Å². The Balaban J connectivity index is 1.55. The zero-order valence-corrected chi connectivity index (χ0v) is 15.8. The number of alkyl halides is 1. The fourth-order valence-corrected chi connectivity index (χ4v) is 3.12. The molecule has 0 aliphatic carbocycles. The van der Waals surface area contributed by atoms with Crippen molar-refractivity contribution in [2.75, 3.05) is 13.1 Å². The van der Waals surface area contributed by atoms with Gasteiger partial charge in [0.25, 0.3) is 5.91 Å². The first-order chi connectivity index (χ1) is 13.8. The maximum atomic E-state index is 15.1. The molecule has 154 valence electrons. The number of halogens is 3. The van der Waals surface area contributed by atoms with Gasteiger partial charge in [-0.2, -0.15) is 0 Å². The number of nitrogens with one attached hydrogen (secondary N) is 1. The van der Waals surface area contributed by atoms with Crippen molar-refractivity contribution < 1.29 is 27.5 Å². The van der Waals surface area contributed by atoms with Gasteiger partial charge in [-0.1, -0.05) is 36.4 Å². The smallest absolute Gasteiger partial charge is 0.410 e. The van der Waals surface area contributed by atoms with Crippen LogP contribution in [0.4, 0.5) is 18.0 Å². The van der Waals surface area contributed by atoms with E-state index in [0.29, 0.717) is 5.56 Å². The van der Waals surface area contributed by atoms with Gasteiger partial charge in [-0.15, -0.1) is 0 Å². The van der Waals surface area contributed by atoms with Crippen LogP contribution in [0.2, 0.25) is 0 Å². The van der Waals surface area contributed by atoms with Crippen molar-refractivity contribution in [3.05, 3.63) is 71.3 Å². The molecule has 1 N–H and O–H groups in total. The lowest BCUT2D eigenvalue weighted by atomic mass is 10.0. The summed E-state index contributed by atoms with van der Waals surface area (Å²) in [6.07, 6.45) is -0.876. The van der Waals surface area contributed by atoms with E-state index in [1.807, 2.05) is 18.2 Å². The average Bonchev–Trinajstić information content (AvgIpc) is 3.12. The predicted molar refractivity (Wildman–Crippen MR) is 99.6 cm³/mol. The van der Waals surface area contributed by atoms with E-state index < -0.39 is 41.9 Å². The van der Waals surface area contributed by atoms with Crippen LogP contribution in [0.5, 0.6) is 0 Å². The summed E-state index contributed by atoms with van der Waals surface area (Å²) in [5.74, 6) is -2.96. The van der Waals surface area contributed by atoms with Crippen molar-refractivity contribution in [2.45, 2.75) is 31.7 Å². The number of ether oxygens (including phenoxy) is 1. The van der Waals surface area contributed by atoms with Gasteiger partial charge in [0.15, 0.2) is 11.6 Å². The highest BCUT2D eigenvalue weighted by molar-refractivity contribution is 5.87. The van der Waals surface area contributed by atoms with Crippen LogP contribution < -0.4 is 5.32 Å². The molecule has 8 heteroatoms. The van der Waals surface area contributed by atoms with E-state index >= 15 is 4.39 Å². The van der Waals surface area contributed by atoms with E-state index in [0.717, 1.165) is 22.6 Å². The number of hydrogen-bond acceptors (Lipinski definition) is 3. The predicted octanol–water partition coefficient (Wildman–Crippen LogP) is 3.89. The van der Waals surface area contributed by atoms with Crippen LogP contribution in [0, 0.1) is 11.6 Å². The summed E-state index contributed by atoms with van der Waals surface area (Å²) < 4.78 is 46.7. The average molecular weight is 406 g/mol. The molecule has 1 saturated heterocycles. The summed E-state index contributed by atoms with van der Waals surface area (Å²) in [6.45, 7) is 1.19. The third-order valence-electron chi connectivity index (χ3n) is 4.88. The Morgan fingerprint density at radius 1 is 1.17 bits per heavy atom. The number of rotatable bonds is 5. The Bertz CT molecular complexity index is 894. The van der Waals surface area contributed by atoms with Gasteiger partial charge in [0.2, 0.25) is 5.67 Å². The second-order valence-corrected chi connectivity index (χ2v) is 7.05. The summed E-state index contributed by atoms with van der Waals surface area (Å²) in [7, 11) is 0. The van der Waals surface area contributed by atoms with Crippen molar-refractivity contribution >= 4 is 12.0 Å². The standard InChI is InChI=1S/C21H21F3N2O3/c1-14(16-7-8-17(22)18(23)11-16)25-19(27)21(24)9-10-26(13-21)20(28)29-12-15-5-3-2-4-6-15/h2-8,11,14H,9-10,12-13H2,1H3,(H,25,27). The molecule has 0 saturated carbocycles. The zero-order chi connectivity index (χ0) is 21.0. The van der Waals surface area contributed by atoms with Crippen LogP contribution in [-0.4, -0.2) is 35.7 Å². The van der Waals surface area contributed by atoms with E-state index in [1.165, 1.54) is 13.0 Å². The minimum absolute atomic E-state index is 0.0388. The van der Waals surface area contributed by atoms with Crippen LogP contribution in [-0.2, 0) is 16.1 Å². The van der Waals surface area contributed by atoms with Crippen LogP contribution in [0.15, 0.2) is 48.5 Å². The number of hydrogen-bond donors (Lipinski definition) is 1. The topological polar surface area (TPSA) is 58.6 Å². The first-order valence-electron chi connectivity index (χ1n) is 9.19. The third-order valence-corrected chi connectivity index (χ3v) is 4.88. The minimum atomic E-state index is -2.28. The van der Waals surface area contributed by atoms with Crippen LogP contribution >= 0.6 is 0 Å². The zero-order valence-electron chi connectivity index (χ0n) is 15.8. The minimum Gasteiger partial charge on any atom is -0.445 e. The van der Waals surface area contributed by atoms with Crippen molar-refractivity contribution in [1.82, 2.24) is 10.2 Å². The van der Waals surface area contributed by atoms with Crippen molar-refractivity contribution in [1.29, 1.82) is 0 Å². The van der Waals surface area contributed by atoms with Gasteiger partial charge >= 0.3 is 6.09 Å². The molecule has 3 rings (SSSR count). The molecule has 0 radical (unpaired) electrons. The number of likely N-dealkylation sites (tertiary alicyclic amines) is 1. The van der Waals surface area contributed by atoms with Gasteiger partial charge in [-0.3, -0.25) is 4.79 Å². The number of carbonyl (C=O) groups is 2. The normalized spacial score (nSPS) is 19.7. The summed E-state index contributed by atoms with van der Waals surface area (Å²) in [6, 6.07) is 11.5. The Hall–Kier alpha value is -3.03. The highest BCUT2D eigenvalue weighted by Crippen LogP contribution is 2.28. The Morgan fingerprint density at radius 2 is 1.90 bits per heavy atom. The molecule has 2 aromatic carbocycles. The summed E-state index contributed by atoms with van der Waals surface area (Å²) in [4.78, 5) is 25.7. The molecule has 1 aliphatic heterocycles. The molecule has 0 aromatic heterocycles. The molecule has 2 amide bonds. The van der Waals surface area contributed by atoms with Crippen LogP contribution in [0.3, 0.4) is 0 Å². The third kappa shape index (κ3) is 4.88. The van der Waals surface area contributed by atoms with E-state index in [2.05, 4.69) is 5.32 Å². The van der Waals surface area contributed by atoms with E-state index in [9.17, 15) is 18.4 Å².